The smallest absolute Gasteiger partial charge is 0.236 e. The van der Waals surface area contributed by atoms with Crippen LogP contribution in [0.25, 0.3) is 0 Å². The lowest BCUT2D eigenvalue weighted by Gasteiger charge is -2.18. The molecule has 17 heavy (non-hydrogen) atoms. The van der Waals surface area contributed by atoms with E-state index in [1.54, 1.807) is 18.4 Å². The number of nitrogens with one attached hydrogen (secondary N) is 2. The maximum absolute atomic E-state index is 11.7. The Kier molecular flexibility index (Phi) is 5.58. The van der Waals surface area contributed by atoms with E-state index in [2.05, 4.69) is 29.5 Å². The van der Waals surface area contributed by atoms with Gasteiger partial charge in [0.25, 0.3) is 0 Å². The predicted molar refractivity (Wildman–Crippen MR) is 71.0 cm³/mol. The molecule has 0 aliphatic rings. The first-order valence-corrected chi connectivity index (χ1v) is 6.77. The van der Waals surface area contributed by atoms with Crippen molar-refractivity contribution in [2.24, 2.45) is 5.92 Å². The topological polar surface area (TPSA) is 54.0 Å². The summed E-state index contributed by atoms with van der Waals surface area (Å²) >= 11 is 1.63. The monoisotopic (exact) mass is 255 g/mol. The molecule has 1 amide bonds. The van der Waals surface area contributed by atoms with Crippen LogP contribution < -0.4 is 10.6 Å². The van der Waals surface area contributed by atoms with Crippen molar-refractivity contribution in [3.05, 3.63) is 16.1 Å². The molecule has 0 aliphatic carbocycles. The van der Waals surface area contributed by atoms with Crippen LogP contribution in [0.4, 0.5) is 0 Å². The van der Waals surface area contributed by atoms with Crippen LogP contribution in [-0.4, -0.2) is 24.0 Å². The molecule has 0 fully saturated rings. The lowest BCUT2D eigenvalue weighted by Crippen LogP contribution is -2.43. The van der Waals surface area contributed by atoms with Crippen molar-refractivity contribution < 1.29 is 4.79 Å². The van der Waals surface area contributed by atoms with Crippen LogP contribution in [-0.2, 0) is 11.3 Å². The average Bonchev–Trinajstić information content (AvgIpc) is 2.68. The summed E-state index contributed by atoms with van der Waals surface area (Å²) in [6.07, 6.45) is 0.836. The second-order valence-electron chi connectivity index (χ2n) is 4.54. The van der Waals surface area contributed by atoms with Crippen LogP contribution in [0, 0.1) is 12.8 Å². The van der Waals surface area contributed by atoms with Gasteiger partial charge in [0.05, 0.1) is 16.7 Å². The van der Waals surface area contributed by atoms with Gasteiger partial charge in [0, 0.05) is 19.0 Å². The number of hydrogen-bond acceptors (Lipinski definition) is 4. The van der Waals surface area contributed by atoms with Crippen LogP contribution in [0.2, 0.25) is 0 Å². The highest BCUT2D eigenvalue weighted by Gasteiger charge is 2.18. The first-order valence-electron chi connectivity index (χ1n) is 5.89. The number of carbonyl (C=O) groups is 1. The van der Waals surface area contributed by atoms with Gasteiger partial charge in [0.1, 0.15) is 0 Å². The van der Waals surface area contributed by atoms with Gasteiger partial charge in [-0.15, -0.1) is 11.3 Å². The predicted octanol–water partition coefficient (Wildman–Crippen LogP) is 1.70. The van der Waals surface area contributed by atoms with E-state index >= 15 is 0 Å². The molecule has 0 spiro atoms. The highest BCUT2D eigenvalue weighted by molar-refractivity contribution is 7.09. The van der Waals surface area contributed by atoms with Crippen molar-refractivity contribution >= 4 is 17.2 Å². The second-order valence-corrected chi connectivity index (χ2v) is 5.60. The number of likely N-dealkylation sites (N-methyl/N-ethyl adjacent to an activating group) is 1. The highest BCUT2D eigenvalue weighted by atomic mass is 32.1. The second kappa shape index (κ2) is 6.71. The molecule has 4 nitrogen and oxygen atoms in total. The van der Waals surface area contributed by atoms with E-state index in [0.29, 0.717) is 12.5 Å². The van der Waals surface area contributed by atoms with Gasteiger partial charge < -0.3 is 10.6 Å². The fourth-order valence-electron chi connectivity index (χ4n) is 1.65. The zero-order valence-corrected chi connectivity index (χ0v) is 11.7. The van der Waals surface area contributed by atoms with E-state index in [4.69, 9.17) is 0 Å². The molecular weight excluding hydrogens is 234 g/mol. The third-order valence-electron chi connectivity index (χ3n) is 2.47. The molecule has 0 saturated heterocycles. The fourth-order valence-corrected chi connectivity index (χ4v) is 2.26. The van der Waals surface area contributed by atoms with Gasteiger partial charge in [-0.2, -0.15) is 0 Å². The SMILES string of the molecule is CNC(=O)C(CC(C)C)NCc1csc(C)n1. The Hall–Kier alpha value is -0.940. The van der Waals surface area contributed by atoms with Gasteiger partial charge in [-0.05, 0) is 19.3 Å². The Bertz CT molecular complexity index is 362. The lowest BCUT2D eigenvalue weighted by atomic mass is 10.0. The standard InChI is InChI=1S/C12H21N3OS/c1-8(2)5-11(12(16)13-4)14-6-10-7-17-9(3)15-10/h7-8,11,14H,5-6H2,1-4H3,(H,13,16). The summed E-state index contributed by atoms with van der Waals surface area (Å²) < 4.78 is 0. The molecule has 0 aromatic carbocycles. The molecule has 1 heterocycles. The number of amides is 1. The summed E-state index contributed by atoms with van der Waals surface area (Å²) in [5, 5.41) is 9.04. The van der Waals surface area contributed by atoms with E-state index in [1.165, 1.54) is 0 Å². The lowest BCUT2D eigenvalue weighted by molar-refractivity contribution is -0.123. The number of rotatable bonds is 6. The normalized spacial score (nSPS) is 12.8. The van der Waals surface area contributed by atoms with Crippen molar-refractivity contribution in [1.29, 1.82) is 0 Å². The number of aromatic nitrogens is 1. The van der Waals surface area contributed by atoms with Crippen LogP contribution in [0.5, 0.6) is 0 Å². The van der Waals surface area contributed by atoms with Gasteiger partial charge in [0.15, 0.2) is 0 Å². The highest BCUT2D eigenvalue weighted by Crippen LogP contribution is 2.09. The number of thiazole rings is 1. The first kappa shape index (κ1) is 14.1. The van der Waals surface area contributed by atoms with Crippen LogP contribution in [0.1, 0.15) is 31.0 Å². The molecule has 1 unspecified atom stereocenters. The molecule has 5 heteroatoms. The van der Waals surface area contributed by atoms with E-state index in [9.17, 15) is 4.79 Å². The van der Waals surface area contributed by atoms with Gasteiger partial charge in [-0.3, -0.25) is 4.79 Å². The molecule has 96 valence electrons. The van der Waals surface area contributed by atoms with E-state index in [1.807, 2.05) is 12.3 Å². The molecular formula is C12H21N3OS. The van der Waals surface area contributed by atoms with Crippen LogP contribution in [0.15, 0.2) is 5.38 Å². The van der Waals surface area contributed by atoms with Crippen molar-refractivity contribution in [1.82, 2.24) is 15.6 Å². The molecule has 2 N–H and O–H groups in total. The summed E-state index contributed by atoms with van der Waals surface area (Å²) in [6.45, 7) is 6.86. The van der Waals surface area contributed by atoms with Crippen LogP contribution in [0.3, 0.4) is 0 Å². The van der Waals surface area contributed by atoms with Gasteiger partial charge in [-0.25, -0.2) is 4.98 Å². The summed E-state index contributed by atoms with van der Waals surface area (Å²) in [5.41, 5.74) is 1.00. The van der Waals surface area contributed by atoms with E-state index in [0.717, 1.165) is 17.1 Å². The Balaban J connectivity index is 2.51. The number of hydrogen-bond donors (Lipinski definition) is 2. The maximum Gasteiger partial charge on any atom is 0.236 e. The zero-order chi connectivity index (χ0) is 12.8. The average molecular weight is 255 g/mol. The zero-order valence-electron chi connectivity index (χ0n) is 10.9. The van der Waals surface area contributed by atoms with Gasteiger partial charge >= 0.3 is 0 Å². The summed E-state index contributed by atoms with van der Waals surface area (Å²) in [7, 11) is 1.67. The molecule has 1 atom stereocenters. The van der Waals surface area contributed by atoms with Gasteiger partial charge in [0.2, 0.25) is 5.91 Å². The largest absolute Gasteiger partial charge is 0.358 e. The third kappa shape index (κ3) is 4.83. The van der Waals surface area contributed by atoms with Crippen molar-refractivity contribution in [2.75, 3.05) is 7.05 Å². The van der Waals surface area contributed by atoms with Gasteiger partial charge in [-0.1, -0.05) is 13.8 Å². The molecule has 1 aromatic rings. The summed E-state index contributed by atoms with van der Waals surface area (Å²) in [6, 6.07) is -0.137. The minimum atomic E-state index is -0.137. The molecule has 0 radical (unpaired) electrons. The molecule has 1 rings (SSSR count). The quantitative estimate of drug-likeness (QED) is 0.813. The summed E-state index contributed by atoms with van der Waals surface area (Å²) in [4.78, 5) is 16.1. The molecule has 1 aromatic heterocycles. The first-order chi connectivity index (χ1) is 8.02. The molecule has 0 saturated carbocycles. The minimum Gasteiger partial charge on any atom is -0.358 e. The minimum absolute atomic E-state index is 0.0469. The number of nitrogens with zero attached hydrogens (tertiary/aromatic N) is 1. The third-order valence-corrected chi connectivity index (χ3v) is 3.29. The van der Waals surface area contributed by atoms with Crippen molar-refractivity contribution in [3.63, 3.8) is 0 Å². The van der Waals surface area contributed by atoms with E-state index in [-0.39, 0.29) is 11.9 Å². The Labute approximate surface area is 107 Å². The number of carbonyl (C=O) groups excluding carboxylic acids is 1. The Morgan fingerprint density at radius 1 is 1.53 bits per heavy atom. The van der Waals surface area contributed by atoms with Crippen LogP contribution >= 0.6 is 11.3 Å². The fraction of sp³-hybridized carbons (Fsp3) is 0.667. The molecule has 0 aliphatic heterocycles. The van der Waals surface area contributed by atoms with E-state index < -0.39 is 0 Å². The van der Waals surface area contributed by atoms with Crippen molar-refractivity contribution in [2.45, 2.75) is 39.8 Å². The number of aryl methyl sites for hydroxylation is 1. The maximum atomic E-state index is 11.7. The Morgan fingerprint density at radius 3 is 2.71 bits per heavy atom. The van der Waals surface area contributed by atoms with Crippen molar-refractivity contribution in [3.8, 4) is 0 Å². The Morgan fingerprint density at radius 2 is 2.24 bits per heavy atom. The molecule has 0 bridgehead atoms. The summed E-state index contributed by atoms with van der Waals surface area (Å²) in [5.74, 6) is 0.535.